The average molecular weight is 315 g/mol. The molecule has 0 saturated carbocycles. The number of morpholine rings is 1. The molecule has 0 aromatic heterocycles. The van der Waals surface area contributed by atoms with Crippen molar-refractivity contribution in [2.75, 3.05) is 26.4 Å². The standard InChI is InChI=1S/C18H18FNO3/c19-15-8-6-14(7-9-15)17-12-22-11-10-20(17)18(21)13-23-16-4-2-1-3-5-16/h1-9,17H,10-13H2. The molecular weight excluding hydrogens is 297 g/mol. The Hall–Kier alpha value is -2.40. The highest BCUT2D eigenvalue weighted by Crippen LogP contribution is 2.24. The van der Waals surface area contributed by atoms with Crippen LogP contribution in [0.15, 0.2) is 54.6 Å². The van der Waals surface area contributed by atoms with E-state index in [0.29, 0.717) is 25.5 Å². The van der Waals surface area contributed by atoms with Crippen LogP contribution >= 0.6 is 0 Å². The maximum atomic E-state index is 13.1. The third-order valence-electron chi connectivity index (χ3n) is 3.81. The van der Waals surface area contributed by atoms with Crippen molar-refractivity contribution in [1.29, 1.82) is 0 Å². The minimum atomic E-state index is -0.296. The van der Waals surface area contributed by atoms with Crippen molar-refractivity contribution >= 4 is 5.91 Å². The number of rotatable bonds is 4. The summed E-state index contributed by atoms with van der Waals surface area (Å²) in [5, 5.41) is 0. The SMILES string of the molecule is O=C(COc1ccccc1)N1CCOCC1c1ccc(F)cc1. The third kappa shape index (κ3) is 3.87. The number of hydrogen-bond acceptors (Lipinski definition) is 3. The van der Waals surface area contributed by atoms with Crippen LogP contribution in [0.4, 0.5) is 4.39 Å². The van der Waals surface area contributed by atoms with Gasteiger partial charge in [0, 0.05) is 6.54 Å². The first-order valence-electron chi connectivity index (χ1n) is 7.54. The zero-order valence-electron chi connectivity index (χ0n) is 12.7. The van der Waals surface area contributed by atoms with E-state index in [0.717, 1.165) is 5.56 Å². The summed E-state index contributed by atoms with van der Waals surface area (Å²) in [5.41, 5.74) is 0.860. The molecule has 1 amide bonds. The largest absolute Gasteiger partial charge is 0.484 e. The number of benzene rings is 2. The second-order valence-corrected chi connectivity index (χ2v) is 5.33. The minimum absolute atomic E-state index is 0.0261. The summed E-state index contributed by atoms with van der Waals surface area (Å²) in [7, 11) is 0. The van der Waals surface area contributed by atoms with E-state index in [9.17, 15) is 9.18 Å². The van der Waals surface area contributed by atoms with Crippen molar-refractivity contribution in [2.45, 2.75) is 6.04 Å². The summed E-state index contributed by atoms with van der Waals surface area (Å²) < 4.78 is 24.1. The zero-order chi connectivity index (χ0) is 16.1. The number of carbonyl (C=O) groups excluding carboxylic acids is 1. The molecule has 1 unspecified atom stereocenters. The van der Waals surface area contributed by atoms with Crippen LogP contribution in [0, 0.1) is 5.82 Å². The van der Waals surface area contributed by atoms with Gasteiger partial charge in [-0.05, 0) is 29.8 Å². The third-order valence-corrected chi connectivity index (χ3v) is 3.81. The molecule has 1 aliphatic heterocycles. The fourth-order valence-corrected chi connectivity index (χ4v) is 2.61. The molecule has 4 nitrogen and oxygen atoms in total. The van der Waals surface area contributed by atoms with Crippen molar-refractivity contribution in [2.24, 2.45) is 0 Å². The Morgan fingerprint density at radius 3 is 2.65 bits per heavy atom. The summed E-state index contributed by atoms with van der Waals surface area (Å²) >= 11 is 0. The number of ether oxygens (including phenoxy) is 2. The summed E-state index contributed by atoms with van der Waals surface area (Å²) in [5.74, 6) is 0.259. The van der Waals surface area contributed by atoms with Crippen LogP contribution in [0.1, 0.15) is 11.6 Å². The van der Waals surface area contributed by atoms with Gasteiger partial charge in [-0.25, -0.2) is 4.39 Å². The number of para-hydroxylation sites is 1. The maximum Gasteiger partial charge on any atom is 0.261 e. The first-order valence-corrected chi connectivity index (χ1v) is 7.54. The van der Waals surface area contributed by atoms with E-state index in [1.807, 2.05) is 30.3 Å². The molecule has 0 radical (unpaired) electrons. The van der Waals surface area contributed by atoms with E-state index in [1.165, 1.54) is 12.1 Å². The lowest BCUT2D eigenvalue weighted by Crippen LogP contribution is -2.45. The fraction of sp³-hybridized carbons (Fsp3) is 0.278. The van der Waals surface area contributed by atoms with Crippen LogP contribution in [0.2, 0.25) is 0 Å². The first-order chi connectivity index (χ1) is 11.2. The monoisotopic (exact) mass is 315 g/mol. The summed E-state index contributed by atoms with van der Waals surface area (Å²) in [6.45, 7) is 1.37. The predicted molar refractivity (Wildman–Crippen MR) is 83.6 cm³/mol. The predicted octanol–water partition coefficient (Wildman–Crippen LogP) is 2.80. The fourth-order valence-electron chi connectivity index (χ4n) is 2.61. The molecule has 120 valence electrons. The first kappa shape index (κ1) is 15.5. The summed E-state index contributed by atoms with van der Waals surface area (Å²) in [6.07, 6.45) is 0. The number of amides is 1. The highest BCUT2D eigenvalue weighted by atomic mass is 19.1. The van der Waals surface area contributed by atoms with Crippen molar-refractivity contribution in [3.8, 4) is 5.75 Å². The number of halogens is 1. The Bertz CT molecular complexity index is 645. The van der Waals surface area contributed by atoms with Gasteiger partial charge in [0.25, 0.3) is 5.91 Å². The molecule has 1 aliphatic rings. The Balaban J connectivity index is 1.68. The van der Waals surface area contributed by atoms with Crippen LogP contribution in [-0.4, -0.2) is 37.2 Å². The quantitative estimate of drug-likeness (QED) is 0.871. The van der Waals surface area contributed by atoms with Gasteiger partial charge in [-0.2, -0.15) is 0 Å². The van der Waals surface area contributed by atoms with E-state index >= 15 is 0 Å². The molecule has 1 fully saturated rings. The lowest BCUT2D eigenvalue weighted by atomic mass is 10.0. The van der Waals surface area contributed by atoms with Gasteiger partial charge in [-0.15, -0.1) is 0 Å². The molecule has 3 rings (SSSR count). The van der Waals surface area contributed by atoms with E-state index in [-0.39, 0.29) is 24.4 Å². The Morgan fingerprint density at radius 1 is 1.17 bits per heavy atom. The second-order valence-electron chi connectivity index (χ2n) is 5.33. The van der Waals surface area contributed by atoms with E-state index < -0.39 is 0 Å². The number of carbonyl (C=O) groups is 1. The molecule has 5 heteroatoms. The normalized spacial score (nSPS) is 17.8. The molecular formula is C18H18FNO3. The van der Waals surface area contributed by atoms with Gasteiger partial charge in [0.1, 0.15) is 11.6 Å². The molecule has 2 aromatic rings. The van der Waals surface area contributed by atoms with Crippen LogP contribution < -0.4 is 4.74 Å². The van der Waals surface area contributed by atoms with Crippen molar-refractivity contribution in [1.82, 2.24) is 4.90 Å². The second kappa shape index (κ2) is 7.24. The highest BCUT2D eigenvalue weighted by Gasteiger charge is 2.28. The summed E-state index contributed by atoms with van der Waals surface area (Å²) in [4.78, 5) is 14.2. The van der Waals surface area contributed by atoms with Crippen LogP contribution in [0.3, 0.4) is 0 Å². The van der Waals surface area contributed by atoms with E-state index in [4.69, 9.17) is 9.47 Å². The maximum absolute atomic E-state index is 13.1. The molecule has 2 aromatic carbocycles. The van der Waals surface area contributed by atoms with Gasteiger partial charge < -0.3 is 14.4 Å². The molecule has 0 N–H and O–H groups in total. The molecule has 1 saturated heterocycles. The van der Waals surface area contributed by atoms with Gasteiger partial charge in [0.15, 0.2) is 6.61 Å². The molecule has 0 bridgehead atoms. The lowest BCUT2D eigenvalue weighted by Gasteiger charge is -2.35. The van der Waals surface area contributed by atoms with E-state index in [1.54, 1.807) is 17.0 Å². The highest BCUT2D eigenvalue weighted by molar-refractivity contribution is 5.78. The van der Waals surface area contributed by atoms with Crippen molar-refractivity contribution in [3.05, 3.63) is 66.0 Å². The average Bonchev–Trinajstić information content (AvgIpc) is 2.61. The van der Waals surface area contributed by atoms with Gasteiger partial charge in [0.05, 0.1) is 19.3 Å². The van der Waals surface area contributed by atoms with Gasteiger partial charge in [-0.3, -0.25) is 4.79 Å². The van der Waals surface area contributed by atoms with Gasteiger partial charge in [-0.1, -0.05) is 30.3 Å². The van der Waals surface area contributed by atoms with Crippen LogP contribution in [0.5, 0.6) is 5.75 Å². The lowest BCUT2D eigenvalue weighted by molar-refractivity contribution is -0.142. The van der Waals surface area contributed by atoms with Gasteiger partial charge in [0.2, 0.25) is 0 Å². The van der Waals surface area contributed by atoms with Crippen molar-refractivity contribution < 1.29 is 18.7 Å². The zero-order valence-corrected chi connectivity index (χ0v) is 12.7. The van der Waals surface area contributed by atoms with Crippen LogP contribution in [0.25, 0.3) is 0 Å². The Kier molecular flexibility index (Phi) is 4.88. The minimum Gasteiger partial charge on any atom is -0.484 e. The topological polar surface area (TPSA) is 38.8 Å². The summed E-state index contributed by atoms with van der Waals surface area (Å²) in [6, 6.07) is 15.2. The molecule has 1 heterocycles. The Labute approximate surface area is 134 Å². The smallest absolute Gasteiger partial charge is 0.261 e. The number of nitrogens with zero attached hydrogens (tertiary/aromatic N) is 1. The molecule has 0 spiro atoms. The molecule has 1 atom stereocenters. The Morgan fingerprint density at radius 2 is 1.91 bits per heavy atom. The van der Waals surface area contributed by atoms with Gasteiger partial charge >= 0.3 is 0 Å². The molecule has 0 aliphatic carbocycles. The van der Waals surface area contributed by atoms with Crippen molar-refractivity contribution in [3.63, 3.8) is 0 Å². The number of hydrogen-bond donors (Lipinski definition) is 0. The van der Waals surface area contributed by atoms with Crippen LogP contribution in [-0.2, 0) is 9.53 Å². The molecule has 23 heavy (non-hydrogen) atoms. The van der Waals surface area contributed by atoms with E-state index in [2.05, 4.69) is 0 Å².